The first-order valence-corrected chi connectivity index (χ1v) is 5.00. The lowest BCUT2D eigenvalue weighted by molar-refractivity contribution is 0.268. The summed E-state index contributed by atoms with van der Waals surface area (Å²) >= 11 is 0. The van der Waals surface area contributed by atoms with Crippen molar-refractivity contribution in [1.82, 2.24) is 20.3 Å². The molecule has 0 aromatic carbocycles. The average molecular weight is 207 g/mol. The van der Waals surface area contributed by atoms with Crippen LogP contribution in [0.4, 0.5) is 0 Å². The number of hydrogen-bond acceptors (Lipinski definition) is 5. The van der Waals surface area contributed by atoms with Crippen LogP contribution in [0.1, 0.15) is 24.6 Å². The van der Waals surface area contributed by atoms with Crippen molar-refractivity contribution < 1.29 is 5.11 Å². The molecule has 1 aliphatic rings. The van der Waals surface area contributed by atoms with Gasteiger partial charge in [0, 0.05) is 6.04 Å². The topological polar surface area (TPSA) is 86.8 Å². The van der Waals surface area contributed by atoms with Crippen molar-refractivity contribution in [1.29, 1.82) is 5.26 Å². The van der Waals surface area contributed by atoms with Crippen molar-refractivity contribution in [2.75, 3.05) is 6.61 Å². The molecule has 2 rings (SSSR count). The van der Waals surface area contributed by atoms with Crippen molar-refractivity contribution in [2.45, 2.75) is 31.5 Å². The molecule has 0 saturated heterocycles. The molecule has 0 amide bonds. The van der Waals surface area contributed by atoms with Crippen LogP contribution in [0.3, 0.4) is 0 Å². The number of rotatable bonds is 5. The van der Waals surface area contributed by atoms with Crippen molar-refractivity contribution in [3.63, 3.8) is 0 Å². The summed E-state index contributed by atoms with van der Waals surface area (Å²) < 4.78 is 1.54. The van der Waals surface area contributed by atoms with E-state index in [1.54, 1.807) is 6.20 Å². The molecule has 1 fully saturated rings. The lowest BCUT2D eigenvalue weighted by Crippen LogP contribution is -2.22. The number of nitrogens with one attached hydrogen (secondary N) is 1. The van der Waals surface area contributed by atoms with E-state index in [-0.39, 0.29) is 12.6 Å². The molecular weight excluding hydrogens is 194 g/mol. The first-order valence-electron chi connectivity index (χ1n) is 5.00. The van der Waals surface area contributed by atoms with Crippen LogP contribution in [0, 0.1) is 11.3 Å². The van der Waals surface area contributed by atoms with Gasteiger partial charge in [0.1, 0.15) is 11.7 Å². The second kappa shape index (κ2) is 4.38. The third-order valence-electron chi connectivity index (χ3n) is 2.29. The Morgan fingerprint density at radius 3 is 3.13 bits per heavy atom. The van der Waals surface area contributed by atoms with Gasteiger partial charge in [-0.15, -0.1) is 5.10 Å². The van der Waals surface area contributed by atoms with Gasteiger partial charge in [0.05, 0.1) is 25.4 Å². The molecule has 1 unspecified atom stereocenters. The first-order chi connectivity index (χ1) is 7.33. The summed E-state index contributed by atoms with van der Waals surface area (Å²) in [6, 6.07) is 2.23. The minimum atomic E-state index is -0.384. The van der Waals surface area contributed by atoms with E-state index in [2.05, 4.69) is 21.7 Å². The van der Waals surface area contributed by atoms with Gasteiger partial charge in [0.25, 0.3) is 0 Å². The predicted molar refractivity (Wildman–Crippen MR) is 51.6 cm³/mol. The molecule has 6 heteroatoms. The van der Waals surface area contributed by atoms with E-state index in [1.165, 1.54) is 4.68 Å². The maximum absolute atomic E-state index is 8.96. The van der Waals surface area contributed by atoms with E-state index < -0.39 is 0 Å². The molecule has 0 aliphatic heterocycles. The number of aliphatic hydroxyl groups is 1. The third kappa shape index (κ3) is 2.52. The Balaban J connectivity index is 2.01. The number of nitrogens with zero attached hydrogens (tertiary/aromatic N) is 4. The monoisotopic (exact) mass is 207 g/mol. The number of nitriles is 1. The lowest BCUT2D eigenvalue weighted by Gasteiger charge is -2.05. The maximum atomic E-state index is 8.96. The number of aliphatic hydroxyl groups excluding tert-OH is 1. The number of hydrogen-bond donors (Lipinski definition) is 2. The van der Waals surface area contributed by atoms with Crippen molar-refractivity contribution in [3.05, 3.63) is 11.9 Å². The van der Waals surface area contributed by atoms with Gasteiger partial charge >= 0.3 is 0 Å². The van der Waals surface area contributed by atoms with Crippen LogP contribution < -0.4 is 5.32 Å². The Hall–Kier alpha value is -1.45. The molecule has 80 valence electrons. The van der Waals surface area contributed by atoms with Gasteiger partial charge in [-0.05, 0) is 12.8 Å². The summed E-state index contributed by atoms with van der Waals surface area (Å²) in [4.78, 5) is 0. The Kier molecular flexibility index (Phi) is 2.94. The molecule has 0 spiro atoms. The SMILES string of the molecule is N#CC(NC1CC1)c1cn(CCO)nn1. The Labute approximate surface area is 87.5 Å². The normalized spacial score (nSPS) is 17.3. The van der Waals surface area contributed by atoms with Gasteiger partial charge in [-0.1, -0.05) is 5.21 Å². The van der Waals surface area contributed by atoms with E-state index in [4.69, 9.17) is 10.4 Å². The highest BCUT2D eigenvalue weighted by molar-refractivity contribution is 5.12. The molecule has 0 bridgehead atoms. The highest BCUT2D eigenvalue weighted by Crippen LogP contribution is 2.22. The van der Waals surface area contributed by atoms with Crippen LogP contribution in [-0.2, 0) is 6.54 Å². The summed E-state index contributed by atoms with van der Waals surface area (Å²) in [7, 11) is 0. The highest BCUT2D eigenvalue weighted by atomic mass is 16.3. The van der Waals surface area contributed by atoms with E-state index in [1.807, 2.05) is 0 Å². The molecule has 1 heterocycles. The molecule has 1 aromatic heterocycles. The molecule has 1 aromatic rings. The zero-order valence-electron chi connectivity index (χ0n) is 8.30. The third-order valence-corrected chi connectivity index (χ3v) is 2.29. The summed E-state index contributed by atoms with van der Waals surface area (Å²) in [5.41, 5.74) is 0.623. The summed E-state index contributed by atoms with van der Waals surface area (Å²) in [5, 5.41) is 28.6. The van der Waals surface area contributed by atoms with Crippen LogP contribution >= 0.6 is 0 Å². The van der Waals surface area contributed by atoms with E-state index >= 15 is 0 Å². The fourth-order valence-corrected chi connectivity index (χ4v) is 1.33. The summed E-state index contributed by atoms with van der Waals surface area (Å²) in [5.74, 6) is 0. The maximum Gasteiger partial charge on any atom is 0.142 e. The van der Waals surface area contributed by atoms with Gasteiger partial charge in [-0.25, -0.2) is 4.68 Å². The van der Waals surface area contributed by atoms with Gasteiger partial charge < -0.3 is 5.11 Å². The second-order valence-electron chi connectivity index (χ2n) is 3.63. The highest BCUT2D eigenvalue weighted by Gasteiger charge is 2.26. The Morgan fingerprint density at radius 2 is 2.53 bits per heavy atom. The van der Waals surface area contributed by atoms with Crippen LogP contribution in [0.15, 0.2) is 6.20 Å². The fraction of sp³-hybridized carbons (Fsp3) is 0.667. The first kappa shape index (κ1) is 10.1. The van der Waals surface area contributed by atoms with Gasteiger partial charge in [-0.2, -0.15) is 5.26 Å². The predicted octanol–water partition coefficient (Wildman–Crippen LogP) is -0.413. The average Bonchev–Trinajstić information content (AvgIpc) is 2.95. The molecule has 0 radical (unpaired) electrons. The molecule has 1 aliphatic carbocycles. The van der Waals surface area contributed by atoms with Crippen molar-refractivity contribution >= 4 is 0 Å². The summed E-state index contributed by atoms with van der Waals surface area (Å²) in [6.45, 7) is 0.435. The minimum absolute atomic E-state index is 0.0239. The largest absolute Gasteiger partial charge is 0.394 e. The fourth-order valence-electron chi connectivity index (χ4n) is 1.33. The van der Waals surface area contributed by atoms with Gasteiger partial charge in [0.15, 0.2) is 0 Å². The molecule has 2 N–H and O–H groups in total. The Bertz CT molecular complexity index is 365. The van der Waals surface area contributed by atoms with Crippen molar-refractivity contribution in [3.8, 4) is 6.07 Å². The molecule has 1 saturated carbocycles. The van der Waals surface area contributed by atoms with Crippen LogP contribution in [-0.4, -0.2) is 32.7 Å². The molecule has 1 atom stereocenters. The molecule has 15 heavy (non-hydrogen) atoms. The zero-order valence-corrected chi connectivity index (χ0v) is 8.30. The Morgan fingerprint density at radius 1 is 1.73 bits per heavy atom. The smallest absolute Gasteiger partial charge is 0.142 e. The molecule has 6 nitrogen and oxygen atoms in total. The van der Waals surface area contributed by atoms with E-state index in [0.29, 0.717) is 18.3 Å². The van der Waals surface area contributed by atoms with E-state index in [0.717, 1.165) is 12.8 Å². The minimum Gasteiger partial charge on any atom is -0.394 e. The van der Waals surface area contributed by atoms with Gasteiger partial charge in [-0.3, -0.25) is 5.32 Å². The standard InChI is InChI=1S/C9H13N5O/c10-5-8(11-7-1-2-7)9-6-14(3-4-15)13-12-9/h6-8,11,15H,1-4H2. The van der Waals surface area contributed by atoms with Crippen LogP contribution in [0.2, 0.25) is 0 Å². The number of aromatic nitrogens is 3. The van der Waals surface area contributed by atoms with Crippen LogP contribution in [0.25, 0.3) is 0 Å². The molecular formula is C9H13N5O. The van der Waals surface area contributed by atoms with E-state index in [9.17, 15) is 0 Å². The summed E-state index contributed by atoms with van der Waals surface area (Å²) in [6.07, 6.45) is 3.95. The van der Waals surface area contributed by atoms with Crippen LogP contribution in [0.5, 0.6) is 0 Å². The second-order valence-corrected chi connectivity index (χ2v) is 3.63. The zero-order chi connectivity index (χ0) is 10.7. The quantitative estimate of drug-likeness (QED) is 0.685. The van der Waals surface area contributed by atoms with Gasteiger partial charge in [0.2, 0.25) is 0 Å². The van der Waals surface area contributed by atoms with Crippen molar-refractivity contribution in [2.24, 2.45) is 0 Å². The lowest BCUT2D eigenvalue weighted by atomic mass is 10.2.